The van der Waals surface area contributed by atoms with Gasteiger partial charge in [0.25, 0.3) is 0 Å². The highest BCUT2D eigenvalue weighted by atomic mass is 32.3. The van der Waals surface area contributed by atoms with E-state index in [2.05, 4.69) is 5.32 Å². The van der Waals surface area contributed by atoms with Crippen LogP contribution in [-0.2, 0) is 14.9 Å². The lowest BCUT2D eigenvalue weighted by Crippen LogP contribution is -2.08. The predicted octanol–water partition coefficient (Wildman–Crippen LogP) is 2.78. The minimum Gasteiger partial charge on any atom is -0.378 e. The van der Waals surface area contributed by atoms with Crippen LogP contribution < -0.4 is 9.50 Å². The summed E-state index contributed by atoms with van der Waals surface area (Å²) >= 11 is 1.16. The molecular formula is C13H13NO4S2. The number of aryl methyl sites for hydroxylation is 1. The Hall–Kier alpha value is -1.86. The SMILES string of the molecule is CC(=O)Nc1ccc(OS(=O)(=O)c2ccc(C)s2)cc1. The summed E-state index contributed by atoms with van der Waals surface area (Å²) in [5.41, 5.74) is 0.578. The van der Waals surface area contributed by atoms with Gasteiger partial charge in [-0.15, -0.1) is 11.3 Å². The first-order chi connectivity index (χ1) is 9.37. The van der Waals surface area contributed by atoms with Crippen molar-refractivity contribution in [3.63, 3.8) is 0 Å². The van der Waals surface area contributed by atoms with Gasteiger partial charge in [0, 0.05) is 17.5 Å². The first kappa shape index (κ1) is 14.5. The molecule has 0 saturated heterocycles. The maximum absolute atomic E-state index is 12.0. The van der Waals surface area contributed by atoms with Crippen LogP contribution in [0.5, 0.6) is 5.75 Å². The van der Waals surface area contributed by atoms with E-state index in [9.17, 15) is 13.2 Å². The van der Waals surface area contributed by atoms with E-state index >= 15 is 0 Å². The number of hydrogen-bond acceptors (Lipinski definition) is 5. The fraction of sp³-hybridized carbons (Fsp3) is 0.154. The zero-order valence-electron chi connectivity index (χ0n) is 10.9. The van der Waals surface area contributed by atoms with Crippen molar-refractivity contribution in [3.05, 3.63) is 41.3 Å². The van der Waals surface area contributed by atoms with Crippen molar-refractivity contribution in [1.82, 2.24) is 0 Å². The van der Waals surface area contributed by atoms with E-state index in [0.717, 1.165) is 16.2 Å². The largest absolute Gasteiger partial charge is 0.378 e. The summed E-state index contributed by atoms with van der Waals surface area (Å²) in [4.78, 5) is 11.8. The maximum Gasteiger partial charge on any atom is 0.348 e. The summed E-state index contributed by atoms with van der Waals surface area (Å²) in [7, 11) is -3.80. The van der Waals surface area contributed by atoms with Crippen LogP contribution in [0.1, 0.15) is 11.8 Å². The molecule has 1 aromatic carbocycles. The smallest absolute Gasteiger partial charge is 0.348 e. The Labute approximate surface area is 121 Å². The van der Waals surface area contributed by atoms with E-state index in [4.69, 9.17) is 4.18 Å². The lowest BCUT2D eigenvalue weighted by Gasteiger charge is -2.06. The zero-order valence-corrected chi connectivity index (χ0v) is 12.5. The van der Waals surface area contributed by atoms with Crippen molar-refractivity contribution in [2.24, 2.45) is 0 Å². The number of carbonyl (C=O) groups excluding carboxylic acids is 1. The standard InChI is InChI=1S/C13H13NO4S2/c1-9-3-8-13(19-9)20(16,17)18-12-6-4-11(5-7-12)14-10(2)15/h3-8H,1-2H3,(H,14,15). The van der Waals surface area contributed by atoms with E-state index in [1.54, 1.807) is 18.2 Å². The van der Waals surface area contributed by atoms with Crippen LogP contribution >= 0.6 is 11.3 Å². The summed E-state index contributed by atoms with van der Waals surface area (Å²) in [5, 5.41) is 2.59. The highest BCUT2D eigenvalue weighted by Gasteiger charge is 2.18. The second kappa shape index (κ2) is 5.64. The minimum atomic E-state index is -3.80. The molecule has 0 fully saturated rings. The molecular weight excluding hydrogens is 298 g/mol. The Balaban J connectivity index is 2.15. The Morgan fingerprint density at radius 1 is 1.15 bits per heavy atom. The van der Waals surface area contributed by atoms with Crippen molar-refractivity contribution < 1.29 is 17.4 Å². The highest BCUT2D eigenvalue weighted by molar-refractivity contribution is 7.89. The molecule has 1 amide bonds. The van der Waals surface area contributed by atoms with Crippen molar-refractivity contribution >= 4 is 33.0 Å². The Morgan fingerprint density at radius 3 is 2.30 bits per heavy atom. The van der Waals surface area contributed by atoms with Crippen LogP contribution in [0.3, 0.4) is 0 Å². The van der Waals surface area contributed by atoms with Crippen LogP contribution in [-0.4, -0.2) is 14.3 Å². The van der Waals surface area contributed by atoms with E-state index < -0.39 is 10.1 Å². The third-order valence-corrected chi connectivity index (χ3v) is 5.04. The molecule has 0 bridgehead atoms. The molecule has 0 aliphatic rings. The van der Waals surface area contributed by atoms with Crippen molar-refractivity contribution in [2.75, 3.05) is 5.32 Å². The molecule has 0 radical (unpaired) electrons. The lowest BCUT2D eigenvalue weighted by atomic mass is 10.3. The molecule has 2 rings (SSSR count). The summed E-state index contributed by atoms with van der Waals surface area (Å²) in [6.45, 7) is 3.22. The Bertz CT molecular complexity index is 717. The monoisotopic (exact) mass is 311 g/mol. The normalized spacial score (nSPS) is 11.1. The number of benzene rings is 1. The molecule has 7 heteroatoms. The fourth-order valence-corrected chi connectivity index (χ4v) is 3.69. The van der Waals surface area contributed by atoms with Gasteiger partial charge in [0.05, 0.1) is 0 Å². The van der Waals surface area contributed by atoms with Crippen LogP contribution in [0, 0.1) is 6.92 Å². The highest BCUT2D eigenvalue weighted by Crippen LogP contribution is 2.25. The molecule has 1 heterocycles. The van der Waals surface area contributed by atoms with Gasteiger partial charge in [0.15, 0.2) is 4.21 Å². The number of anilines is 1. The molecule has 20 heavy (non-hydrogen) atoms. The number of carbonyl (C=O) groups is 1. The summed E-state index contributed by atoms with van der Waals surface area (Å²) in [5.74, 6) is 0.00510. The van der Waals surface area contributed by atoms with Crippen molar-refractivity contribution in [3.8, 4) is 5.75 Å². The van der Waals surface area contributed by atoms with Crippen LogP contribution in [0.2, 0.25) is 0 Å². The van der Waals surface area contributed by atoms with E-state index in [-0.39, 0.29) is 15.9 Å². The summed E-state index contributed by atoms with van der Waals surface area (Å²) in [6, 6.07) is 9.37. The van der Waals surface area contributed by atoms with Crippen molar-refractivity contribution in [2.45, 2.75) is 18.1 Å². The van der Waals surface area contributed by atoms with Gasteiger partial charge in [-0.2, -0.15) is 8.42 Å². The molecule has 0 aliphatic carbocycles. The molecule has 0 atom stereocenters. The second-order valence-corrected chi connectivity index (χ2v) is 7.17. The predicted molar refractivity (Wildman–Crippen MR) is 77.6 cm³/mol. The molecule has 106 valence electrons. The van der Waals surface area contributed by atoms with Gasteiger partial charge in [-0.05, 0) is 43.3 Å². The third kappa shape index (κ3) is 3.58. The van der Waals surface area contributed by atoms with E-state index in [1.165, 1.54) is 25.1 Å². The lowest BCUT2D eigenvalue weighted by molar-refractivity contribution is -0.114. The maximum atomic E-state index is 12.0. The van der Waals surface area contributed by atoms with Crippen LogP contribution in [0.25, 0.3) is 0 Å². The Kier molecular flexibility index (Phi) is 4.10. The minimum absolute atomic E-state index is 0.168. The van der Waals surface area contributed by atoms with Gasteiger partial charge < -0.3 is 9.50 Å². The quantitative estimate of drug-likeness (QED) is 0.881. The topological polar surface area (TPSA) is 72.5 Å². The van der Waals surface area contributed by atoms with E-state index in [1.807, 2.05) is 6.92 Å². The van der Waals surface area contributed by atoms with Crippen molar-refractivity contribution in [1.29, 1.82) is 0 Å². The van der Waals surface area contributed by atoms with Crippen LogP contribution in [0.15, 0.2) is 40.6 Å². The average Bonchev–Trinajstić information content (AvgIpc) is 2.78. The average molecular weight is 311 g/mol. The summed E-state index contributed by atoms with van der Waals surface area (Å²) in [6.07, 6.45) is 0. The molecule has 1 N–H and O–H groups in total. The van der Waals surface area contributed by atoms with Gasteiger partial charge in [0.1, 0.15) is 5.75 Å². The number of amides is 1. The van der Waals surface area contributed by atoms with Crippen LogP contribution in [0.4, 0.5) is 5.69 Å². The molecule has 5 nitrogen and oxygen atoms in total. The molecule has 0 aliphatic heterocycles. The number of hydrogen-bond donors (Lipinski definition) is 1. The molecule has 0 saturated carbocycles. The number of rotatable bonds is 4. The number of nitrogens with one attached hydrogen (secondary N) is 1. The molecule has 0 unspecified atom stereocenters. The van der Waals surface area contributed by atoms with Gasteiger partial charge in [-0.1, -0.05) is 0 Å². The van der Waals surface area contributed by atoms with Gasteiger partial charge in [-0.25, -0.2) is 0 Å². The zero-order chi connectivity index (χ0) is 14.8. The number of thiophene rings is 1. The third-order valence-electron chi connectivity index (χ3n) is 2.34. The van der Waals surface area contributed by atoms with Gasteiger partial charge in [0.2, 0.25) is 5.91 Å². The molecule has 1 aromatic heterocycles. The fourth-order valence-electron chi connectivity index (χ4n) is 1.51. The van der Waals surface area contributed by atoms with E-state index in [0.29, 0.717) is 5.69 Å². The Morgan fingerprint density at radius 2 is 1.80 bits per heavy atom. The van der Waals surface area contributed by atoms with Gasteiger partial charge >= 0.3 is 10.1 Å². The summed E-state index contributed by atoms with van der Waals surface area (Å²) < 4.78 is 29.2. The second-order valence-electron chi connectivity index (χ2n) is 4.11. The molecule has 0 spiro atoms. The first-order valence-corrected chi connectivity index (χ1v) is 7.98. The van der Waals surface area contributed by atoms with Gasteiger partial charge in [-0.3, -0.25) is 4.79 Å². The first-order valence-electron chi connectivity index (χ1n) is 5.75. The molecule has 2 aromatic rings.